The lowest BCUT2D eigenvalue weighted by atomic mass is 10.1. The van der Waals surface area contributed by atoms with E-state index in [0.29, 0.717) is 4.08 Å². The van der Waals surface area contributed by atoms with Gasteiger partial charge in [-0.2, -0.15) is 0 Å². The summed E-state index contributed by atoms with van der Waals surface area (Å²) >= 11 is 7.78. The van der Waals surface area contributed by atoms with Gasteiger partial charge in [0.25, 0.3) is 0 Å². The number of nitrogens with zero attached hydrogens (tertiary/aromatic N) is 2. The summed E-state index contributed by atoms with van der Waals surface area (Å²) in [5.74, 6) is 2.56. The van der Waals surface area contributed by atoms with Crippen LogP contribution in [0.2, 0.25) is 0 Å². The predicted molar refractivity (Wildman–Crippen MR) is 97.0 cm³/mol. The van der Waals surface area contributed by atoms with E-state index < -0.39 is 0 Å². The normalized spacial score (nSPS) is 17.8. The Labute approximate surface area is 143 Å². The van der Waals surface area contributed by atoms with Gasteiger partial charge in [0.2, 0.25) is 0 Å². The molecule has 0 spiro atoms. The summed E-state index contributed by atoms with van der Waals surface area (Å²) in [6.45, 7) is 1.05. The van der Waals surface area contributed by atoms with Crippen molar-refractivity contribution in [3.8, 4) is 0 Å². The van der Waals surface area contributed by atoms with Crippen LogP contribution in [-0.4, -0.2) is 25.1 Å². The molecule has 1 aliphatic rings. The van der Waals surface area contributed by atoms with Crippen molar-refractivity contribution < 1.29 is 0 Å². The minimum absolute atomic E-state index is 0.298. The van der Waals surface area contributed by atoms with Crippen molar-refractivity contribution in [1.29, 1.82) is 0 Å². The molecule has 5 heteroatoms. The fourth-order valence-electron chi connectivity index (χ4n) is 2.58. The highest BCUT2D eigenvalue weighted by molar-refractivity contribution is 9.10. The molecule has 1 saturated heterocycles. The van der Waals surface area contributed by atoms with Crippen molar-refractivity contribution in [3.63, 3.8) is 0 Å². The zero-order chi connectivity index (χ0) is 14.5. The number of benzene rings is 1. The first-order valence-electron chi connectivity index (χ1n) is 7.24. The molecule has 3 rings (SSSR count). The van der Waals surface area contributed by atoms with E-state index in [9.17, 15) is 0 Å². The monoisotopic (exact) mass is 382 g/mol. The maximum absolute atomic E-state index is 4.19. The Bertz CT molecular complexity index is 548. The van der Waals surface area contributed by atoms with Crippen LogP contribution in [0.15, 0.2) is 47.5 Å². The number of aromatic nitrogens is 2. The van der Waals surface area contributed by atoms with Crippen LogP contribution in [-0.2, 0) is 13.0 Å². The Morgan fingerprint density at radius 1 is 1.19 bits per heavy atom. The van der Waals surface area contributed by atoms with E-state index in [2.05, 4.69) is 79.5 Å². The Kier molecular flexibility index (Phi) is 5.35. The smallest absolute Gasteiger partial charge is 0.0946 e. The summed E-state index contributed by atoms with van der Waals surface area (Å²) in [7, 11) is 0. The maximum atomic E-state index is 4.19. The zero-order valence-corrected chi connectivity index (χ0v) is 15.1. The van der Waals surface area contributed by atoms with Gasteiger partial charge in [-0.05, 0) is 48.5 Å². The molecule has 2 nitrogen and oxygen atoms in total. The molecule has 1 aliphatic heterocycles. The molecule has 2 aromatic rings. The molecular weight excluding hydrogens is 364 g/mol. The lowest BCUT2D eigenvalue weighted by molar-refractivity contribution is 0.586. The number of hydrogen-bond acceptors (Lipinski definition) is 3. The van der Waals surface area contributed by atoms with Crippen molar-refractivity contribution in [3.05, 3.63) is 53.0 Å². The highest BCUT2D eigenvalue weighted by atomic mass is 79.9. The second-order valence-electron chi connectivity index (χ2n) is 5.32. The standard InChI is InChI=1S/C16H19BrN2S2/c17-15-4-2-14(3-5-15)6-7-16(20-10-1-11-21-16)12-19-9-8-18-13-19/h2-5,8-9,13H,1,6-7,10-12H2. The second-order valence-corrected chi connectivity index (χ2v) is 9.45. The van der Waals surface area contributed by atoms with Crippen molar-refractivity contribution in [1.82, 2.24) is 9.55 Å². The molecule has 112 valence electrons. The Balaban J connectivity index is 1.68. The number of thioether (sulfide) groups is 2. The molecule has 1 fully saturated rings. The van der Waals surface area contributed by atoms with Crippen LogP contribution >= 0.6 is 39.5 Å². The molecule has 2 heterocycles. The zero-order valence-electron chi connectivity index (χ0n) is 11.9. The van der Waals surface area contributed by atoms with Crippen LogP contribution in [0, 0.1) is 0 Å². The van der Waals surface area contributed by atoms with Gasteiger partial charge in [-0.3, -0.25) is 0 Å². The van der Waals surface area contributed by atoms with Gasteiger partial charge in [-0.15, -0.1) is 23.5 Å². The molecule has 0 aliphatic carbocycles. The summed E-state index contributed by atoms with van der Waals surface area (Å²) in [5.41, 5.74) is 1.43. The van der Waals surface area contributed by atoms with E-state index in [1.807, 2.05) is 12.5 Å². The third kappa shape index (κ3) is 4.30. The van der Waals surface area contributed by atoms with Gasteiger partial charge in [0.1, 0.15) is 0 Å². The second kappa shape index (κ2) is 7.25. The fourth-order valence-corrected chi connectivity index (χ4v) is 6.15. The average molecular weight is 383 g/mol. The number of aryl methyl sites for hydroxylation is 1. The minimum Gasteiger partial charge on any atom is -0.335 e. The van der Waals surface area contributed by atoms with Crippen molar-refractivity contribution in [2.24, 2.45) is 0 Å². The minimum atomic E-state index is 0.298. The number of imidazole rings is 1. The van der Waals surface area contributed by atoms with Crippen molar-refractivity contribution >= 4 is 39.5 Å². The first-order chi connectivity index (χ1) is 10.3. The molecule has 0 saturated carbocycles. The third-order valence-electron chi connectivity index (χ3n) is 3.71. The molecule has 0 unspecified atom stereocenters. The van der Waals surface area contributed by atoms with Crippen LogP contribution in [0.4, 0.5) is 0 Å². The van der Waals surface area contributed by atoms with Gasteiger partial charge in [-0.1, -0.05) is 28.1 Å². The predicted octanol–water partition coefficient (Wildman–Crippen LogP) is 4.84. The van der Waals surface area contributed by atoms with Crippen molar-refractivity contribution in [2.75, 3.05) is 11.5 Å². The topological polar surface area (TPSA) is 17.8 Å². The van der Waals surface area contributed by atoms with E-state index in [1.165, 1.54) is 29.9 Å². The van der Waals surface area contributed by atoms with E-state index in [1.54, 1.807) is 0 Å². The van der Waals surface area contributed by atoms with Gasteiger partial charge in [0.05, 0.1) is 10.4 Å². The van der Waals surface area contributed by atoms with Crippen LogP contribution in [0.1, 0.15) is 18.4 Å². The fraction of sp³-hybridized carbons (Fsp3) is 0.438. The summed E-state index contributed by atoms with van der Waals surface area (Å²) < 4.78 is 3.68. The SMILES string of the molecule is Brc1ccc(CCC2(Cn3ccnc3)SCCCS2)cc1. The van der Waals surface area contributed by atoms with Crippen LogP contribution < -0.4 is 0 Å². The largest absolute Gasteiger partial charge is 0.335 e. The number of rotatable bonds is 5. The Morgan fingerprint density at radius 3 is 2.62 bits per heavy atom. The van der Waals surface area contributed by atoms with Gasteiger partial charge in [0, 0.05) is 23.4 Å². The van der Waals surface area contributed by atoms with E-state index in [4.69, 9.17) is 0 Å². The van der Waals surface area contributed by atoms with Crippen LogP contribution in [0.3, 0.4) is 0 Å². The van der Waals surface area contributed by atoms with Gasteiger partial charge >= 0.3 is 0 Å². The maximum Gasteiger partial charge on any atom is 0.0946 e. The molecule has 21 heavy (non-hydrogen) atoms. The quantitative estimate of drug-likeness (QED) is 0.736. The summed E-state index contributed by atoms with van der Waals surface area (Å²) in [6, 6.07) is 8.73. The lowest BCUT2D eigenvalue weighted by Crippen LogP contribution is -2.31. The highest BCUT2D eigenvalue weighted by Crippen LogP contribution is 2.46. The van der Waals surface area contributed by atoms with Crippen molar-refractivity contribution in [2.45, 2.75) is 29.9 Å². The van der Waals surface area contributed by atoms with Crippen LogP contribution in [0.5, 0.6) is 0 Å². The number of hydrogen-bond donors (Lipinski definition) is 0. The molecule has 0 atom stereocenters. The Morgan fingerprint density at radius 2 is 1.95 bits per heavy atom. The third-order valence-corrected chi connectivity index (χ3v) is 7.65. The molecule has 0 amide bonds. The van der Waals surface area contributed by atoms with E-state index >= 15 is 0 Å². The molecule has 0 radical (unpaired) electrons. The number of halogens is 1. The van der Waals surface area contributed by atoms with Crippen LogP contribution in [0.25, 0.3) is 0 Å². The molecule has 0 bridgehead atoms. The van der Waals surface area contributed by atoms with Gasteiger partial charge in [0.15, 0.2) is 0 Å². The molecule has 0 N–H and O–H groups in total. The van der Waals surface area contributed by atoms with E-state index in [0.717, 1.165) is 17.4 Å². The Hall–Kier alpha value is -0.390. The molecular formula is C16H19BrN2S2. The molecule has 1 aromatic carbocycles. The van der Waals surface area contributed by atoms with Gasteiger partial charge < -0.3 is 4.57 Å². The van der Waals surface area contributed by atoms with Gasteiger partial charge in [-0.25, -0.2) is 4.98 Å². The first-order valence-corrected chi connectivity index (χ1v) is 10.0. The summed E-state index contributed by atoms with van der Waals surface area (Å²) in [4.78, 5) is 4.19. The van der Waals surface area contributed by atoms with E-state index in [-0.39, 0.29) is 0 Å². The lowest BCUT2D eigenvalue weighted by Gasteiger charge is -2.36. The summed E-state index contributed by atoms with van der Waals surface area (Å²) in [6.07, 6.45) is 9.58. The average Bonchev–Trinajstić information content (AvgIpc) is 3.00. The first kappa shape index (κ1) is 15.5. The highest BCUT2D eigenvalue weighted by Gasteiger charge is 2.33. The molecule has 1 aromatic heterocycles. The summed E-state index contributed by atoms with van der Waals surface area (Å²) in [5, 5.41) is 0.